The van der Waals surface area contributed by atoms with E-state index in [2.05, 4.69) is 53.7 Å². The minimum Gasteiger partial charge on any atom is -0.478 e. The van der Waals surface area contributed by atoms with Crippen molar-refractivity contribution in [1.29, 1.82) is 0 Å². The van der Waals surface area contributed by atoms with Gasteiger partial charge in [0.1, 0.15) is 14.7 Å². The van der Waals surface area contributed by atoms with Gasteiger partial charge < -0.3 is 25.6 Å². The van der Waals surface area contributed by atoms with Crippen molar-refractivity contribution in [1.82, 2.24) is 5.06 Å². The Morgan fingerprint density at radius 3 is 1.22 bits per heavy atom. The van der Waals surface area contributed by atoms with E-state index < -0.39 is 41.9 Å². The molecule has 0 aliphatic carbocycles. The number of benzene rings is 5. The van der Waals surface area contributed by atoms with Gasteiger partial charge in [-0.05, 0) is 116 Å². The smallest absolute Gasteiger partial charge is 0.478 e. The van der Waals surface area contributed by atoms with Gasteiger partial charge in [-0.2, -0.15) is 20.8 Å². The number of hydrogen-bond acceptors (Lipinski definition) is 13. The number of carboxylic acids is 1. The van der Waals surface area contributed by atoms with E-state index in [1.165, 1.54) is 81.1 Å². The Labute approximate surface area is 464 Å². The summed E-state index contributed by atoms with van der Waals surface area (Å²) in [5.41, 5.74) is 2.78. The van der Waals surface area contributed by atoms with Gasteiger partial charge in [0, 0.05) is 81.0 Å². The topological polar surface area (TPSA) is 280 Å². The molecule has 1 saturated heterocycles. The second kappa shape index (κ2) is 32.4. The molecule has 18 nitrogen and oxygen atoms in total. The molecular formula is C47H59BrCl3LiN6O12S3. The van der Waals surface area contributed by atoms with Crippen molar-refractivity contribution < 1.29 is 73.2 Å². The van der Waals surface area contributed by atoms with Crippen LogP contribution in [0.25, 0.3) is 0 Å². The molecule has 0 spiro atoms. The molecule has 1 amide bonds. The van der Waals surface area contributed by atoms with Gasteiger partial charge in [-0.3, -0.25) is 14.4 Å². The Morgan fingerprint density at radius 1 is 0.589 bits per heavy atom. The molecule has 1 aliphatic rings. The summed E-state index contributed by atoms with van der Waals surface area (Å²) in [7, 11) is -1.36. The van der Waals surface area contributed by atoms with Crippen molar-refractivity contribution in [3.05, 3.63) is 151 Å². The number of aromatic carboxylic acids is 1. The molecule has 1 heterocycles. The van der Waals surface area contributed by atoms with Crippen molar-refractivity contribution >= 4 is 110 Å². The molecule has 0 bridgehead atoms. The van der Waals surface area contributed by atoms with Crippen molar-refractivity contribution in [2.75, 3.05) is 65.4 Å². The zero-order valence-corrected chi connectivity index (χ0v) is 48.2. The van der Waals surface area contributed by atoms with Crippen LogP contribution in [0.1, 0.15) is 70.3 Å². The molecule has 1 fully saturated rings. The van der Waals surface area contributed by atoms with E-state index in [0.717, 1.165) is 40.6 Å². The number of hydrogen-bond donors (Lipinski definition) is 4. The summed E-state index contributed by atoms with van der Waals surface area (Å²) in [6, 6.07) is 26.3. The first-order chi connectivity index (χ1) is 33.2. The number of rotatable bonds is 10. The molecule has 396 valence electrons. The largest absolute Gasteiger partial charge is 1.00 e. The van der Waals surface area contributed by atoms with Crippen LogP contribution in [0.5, 0.6) is 0 Å². The van der Waals surface area contributed by atoms with Crippen LogP contribution in [0.4, 0.5) is 11.4 Å². The third-order valence-electron chi connectivity index (χ3n) is 8.85. The summed E-state index contributed by atoms with van der Waals surface area (Å²) in [4.78, 5) is 42.4. The summed E-state index contributed by atoms with van der Waals surface area (Å²) < 4.78 is 73.3. The van der Waals surface area contributed by atoms with Crippen LogP contribution >= 0.6 is 50.7 Å². The second-order valence-electron chi connectivity index (χ2n) is 15.8. The molecule has 0 radical (unpaired) electrons. The van der Waals surface area contributed by atoms with Crippen molar-refractivity contribution in [2.24, 2.45) is 15.4 Å². The Balaban J connectivity index is 0.000000913. The van der Waals surface area contributed by atoms with Crippen LogP contribution in [0.2, 0.25) is 15.1 Å². The fourth-order valence-corrected chi connectivity index (χ4v) is 8.64. The zero-order chi connectivity index (χ0) is 55.3. The van der Waals surface area contributed by atoms with E-state index in [1.807, 2.05) is 57.4 Å². The van der Waals surface area contributed by atoms with E-state index >= 15 is 0 Å². The van der Waals surface area contributed by atoms with E-state index in [0.29, 0.717) is 5.56 Å². The third kappa shape index (κ3) is 25.3. The molecule has 0 aromatic heterocycles. The Kier molecular flexibility index (Phi) is 30.6. The molecular weight excluding hydrogens is 1130 g/mol. The van der Waals surface area contributed by atoms with Crippen LogP contribution in [-0.2, 0) is 39.6 Å². The number of carbonyl (C=O) groups excluding carboxylic acids is 2. The van der Waals surface area contributed by atoms with Crippen molar-refractivity contribution in [2.45, 2.75) is 48.3 Å². The van der Waals surface area contributed by atoms with Crippen LogP contribution in [-0.4, -0.2) is 109 Å². The second-order valence-corrected chi connectivity index (χ2v) is 22.5. The van der Waals surface area contributed by atoms with Crippen LogP contribution in [0.3, 0.4) is 0 Å². The molecule has 73 heavy (non-hydrogen) atoms. The first-order valence-electron chi connectivity index (χ1n) is 20.8. The fourth-order valence-electron chi connectivity index (χ4n) is 5.16. The van der Waals surface area contributed by atoms with E-state index in [9.17, 15) is 39.6 Å². The van der Waals surface area contributed by atoms with Gasteiger partial charge in [0.2, 0.25) is 30.1 Å². The van der Waals surface area contributed by atoms with Gasteiger partial charge in [-0.15, -0.1) is 0 Å². The van der Waals surface area contributed by atoms with Gasteiger partial charge in [0.25, 0.3) is 5.91 Å². The number of carbonyl (C=O) groups is 3. The number of halogens is 4. The zero-order valence-electron chi connectivity index (χ0n) is 41.9. The van der Waals surface area contributed by atoms with Crippen molar-refractivity contribution in [3.63, 3.8) is 0 Å². The molecule has 26 heteroatoms. The molecule has 5 aromatic carbocycles. The quantitative estimate of drug-likeness (QED) is 0.0580. The normalized spacial score (nSPS) is 11.6. The average molecular weight is 1190 g/mol. The summed E-state index contributed by atoms with van der Waals surface area (Å²) >= 11 is 20.4. The first kappa shape index (κ1) is 68.9. The Bertz CT molecular complexity index is 2930. The number of nitrogens with two attached hydrogens (primary N) is 3. The molecule has 1 aliphatic heterocycles. The average Bonchev–Trinajstić information content (AvgIpc) is 3.89. The van der Waals surface area contributed by atoms with Crippen molar-refractivity contribution in [3.8, 4) is 0 Å². The number of anilines is 2. The summed E-state index contributed by atoms with van der Waals surface area (Å²) in [6.07, 6.45) is 2.56. The number of amides is 1. The minimum atomic E-state index is -3.98. The summed E-state index contributed by atoms with van der Waals surface area (Å²) in [5, 5.41) is 24.3. The summed E-state index contributed by atoms with van der Waals surface area (Å²) in [6.45, 7) is 8.25. The SMILES string of the molecule is C1CCOC1.CN(C)c1ccc(Br)cc1.CN(C)c1ccc(C(=O)c2ccc(Cl)c(S(N)(=O)=O)c2)cc1.CON(C)C(=O)c1ccc(Cl)c(S(N)(=O)=O)c1.C[C-](C)C.NS(=O)(=O)c1cc(C(=O)O)ccc1Cl.[Li+]. The van der Waals surface area contributed by atoms with Gasteiger partial charge in [-0.1, -0.05) is 50.7 Å². The third-order valence-corrected chi connectivity index (χ3v) is 13.6. The monoisotopic (exact) mass is 1190 g/mol. The molecule has 7 N–H and O–H groups in total. The van der Waals surface area contributed by atoms with Crippen LogP contribution < -0.4 is 44.1 Å². The minimum absolute atomic E-state index is 0. The number of ether oxygens (including phenoxy) is 1. The Morgan fingerprint density at radius 2 is 0.904 bits per heavy atom. The fraction of sp³-hybridized carbons (Fsp3) is 0.277. The predicted octanol–water partition coefficient (Wildman–Crippen LogP) is 5.53. The number of nitrogens with zero attached hydrogens (tertiary/aromatic N) is 3. The standard InChI is InChI=1S/C15H15ClN2O3S.C9H11ClN2O4S.C8H10BrN.C7H6ClNO4S.C4H8O.C4H9.Li/c1-18(2)12-6-3-10(4-7-12)15(19)11-5-8-13(16)14(9-11)22(17,20)21;1-12(16-2)9(13)6-3-4-7(10)8(5-6)17(11,14)15;1-10(2)8-5-3-7(9)4-6-8;8-5-2-1-4(7(10)11)3-6(5)14(9,12)13;1-2-4-5-3-1;1-4(2)3;/h3-9H,1-2H3,(H2,17,20,21);3-5H,1-2H3,(H2,11,14,15);3-6H,1-2H3;1-3H,(H,10,11)(H2,9,12,13);1-4H2;1-3H3;/q;;;;;-1;+1. The molecule has 0 saturated carbocycles. The molecule has 0 unspecified atom stereocenters. The number of ketones is 1. The van der Waals surface area contributed by atoms with Crippen LogP contribution in [0.15, 0.2) is 122 Å². The van der Waals surface area contributed by atoms with E-state index in [1.54, 1.807) is 12.1 Å². The van der Waals surface area contributed by atoms with Crippen LogP contribution in [0, 0.1) is 5.92 Å². The summed E-state index contributed by atoms with van der Waals surface area (Å²) in [5.74, 6) is -0.632. The van der Waals surface area contributed by atoms with E-state index in [-0.39, 0.29) is 71.1 Å². The van der Waals surface area contributed by atoms with E-state index in [4.69, 9.17) is 64.9 Å². The number of sulfonamides is 3. The van der Waals surface area contributed by atoms with Gasteiger partial charge in [0.05, 0.1) is 27.7 Å². The molecule has 0 atom stereocenters. The van der Waals surface area contributed by atoms with Gasteiger partial charge in [-0.25, -0.2) is 50.5 Å². The molecule has 6 rings (SSSR count). The van der Waals surface area contributed by atoms with Gasteiger partial charge in [0.15, 0.2) is 5.78 Å². The molecule has 5 aromatic rings. The number of primary sulfonamides is 3. The predicted molar refractivity (Wildman–Crippen MR) is 288 cm³/mol. The first-order valence-corrected chi connectivity index (χ1v) is 27.4. The number of hydroxylamine groups is 2. The van der Waals surface area contributed by atoms with Gasteiger partial charge >= 0.3 is 24.8 Å². The maximum Gasteiger partial charge on any atom is 1.00 e. The Hall–Kier alpha value is -4.09. The maximum absolute atomic E-state index is 12.4. The number of carboxylic acid groups (broad SMARTS) is 1. The maximum atomic E-state index is 12.4.